The first kappa shape index (κ1) is 12.4. The van der Waals surface area contributed by atoms with Gasteiger partial charge in [-0.25, -0.2) is 4.98 Å². The molecule has 0 spiro atoms. The summed E-state index contributed by atoms with van der Waals surface area (Å²) in [7, 11) is 0. The maximum Gasteiger partial charge on any atom is 0.248 e. The van der Waals surface area contributed by atoms with E-state index in [0.29, 0.717) is 11.3 Å². The molecule has 2 aromatic rings. The number of hydrogen-bond acceptors (Lipinski definition) is 5. The predicted molar refractivity (Wildman–Crippen MR) is 68.4 cm³/mol. The summed E-state index contributed by atoms with van der Waals surface area (Å²) in [6.45, 7) is 0. The fourth-order valence-electron chi connectivity index (χ4n) is 1.46. The molecule has 1 aromatic carbocycles. The van der Waals surface area contributed by atoms with Crippen LogP contribution in [0.4, 0.5) is 5.69 Å². The third-order valence-corrected chi connectivity index (χ3v) is 2.41. The molecule has 0 aliphatic rings. The quantitative estimate of drug-likeness (QED) is 0.859. The van der Waals surface area contributed by atoms with Gasteiger partial charge in [-0.3, -0.25) is 4.79 Å². The minimum Gasteiger partial charge on any atom is -0.437 e. The Morgan fingerprint density at radius 1 is 1.37 bits per heavy atom. The number of nitrogens with two attached hydrogens (primary N) is 2. The van der Waals surface area contributed by atoms with Crippen molar-refractivity contribution < 1.29 is 9.53 Å². The molecule has 1 amide bonds. The zero-order chi connectivity index (χ0) is 13.8. The van der Waals surface area contributed by atoms with Gasteiger partial charge in [0.15, 0.2) is 0 Å². The molecule has 0 atom stereocenters. The monoisotopic (exact) mass is 254 g/mol. The van der Waals surface area contributed by atoms with E-state index in [-0.39, 0.29) is 17.1 Å². The molecule has 1 heterocycles. The van der Waals surface area contributed by atoms with Crippen LogP contribution < -0.4 is 16.2 Å². The van der Waals surface area contributed by atoms with Crippen LogP contribution in [0.15, 0.2) is 36.5 Å². The van der Waals surface area contributed by atoms with E-state index in [1.165, 1.54) is 18.3 Å². The van der Waals surface area contributed by atoms with E-state index in [1.807, 2.05) is 6.07 Å². The second-order valence-electron chi connectivity index (χ2n) is 3.68. The number of anilines is 1. The fourth-order valence-corrected chi connectivity index (χ4v) is 1.46. The summed E-state index contributed by atoms with van der Waals surface area (Å²) >= 11 is 0. The van der Waals surface area contributed by atoms with E-state index in [9.17, 15) is 4.79 Å². The molecular formula is C13H10N4O2. The van der Waals surface area contributed by atoms with E-state index in [0.717, 1.165) is 0 Å². The van der Waals surface area contributed by atoms with Gasteiger partial charge in [-0.05, 0) is 24.3 Å². The number of nitrogens with zero attached hydrogens (tertiary/aromatic N) is 2. The highest BCUT2D eigenvalue weighted by molar-refractivity contribution is 5.93. The largest absolute Gasteiger partial charge is 0.437 e. The number of ether oxygens (including phenoxy) is 1. The smallest absolute Gasteiger partial charge is 0.248 e. The Balaban J connectivity index is 2.34. The molecule has 0 bridgehead atoms. The molecule has 0 saturated carbocycles. The molecular weight excluding hydrogens is 244 g/mol. The number of nitriles is 1. The van der Waals surface area contributed by atoms with Gasteiger partial charge in [-0.15, -0.1) is 0 Å². The maximum atomic E-state index is 11.1. The van der Waals surface area contributed by atoms with Gasteiger partial charge in [0, 0.05) is 11.8 Å². The average Bonchev–Trinajstić information content (AvgIpc) is 2.41. The number of benzene rings is 1. The van der Waals surface area contributed by atoms with E-state index in [1.54, 1.807) is 18.2 Å². The molecule has 0 unspecified atom stereocenters. The molecule has 6 heteroatoms. The van der Waals surface area contributed by atoms with E-state index < -0.39 is 5.91 Å². The molecule has 6 nitrogen and oxygen atoms in total. The van der Waals surface area contributed by atoms with Crippen molar-refractivity contribution >= 4 is 11.6 Å². The lowest BCUT2D eigenvalue weighted by Gasteiger charge is -2.08. The minimum absolute atomic E-state index is 0.112. The van der Waals surface area contributed by atoms with Crippen molar-refractivity contribution in [1.82, 2.24) is 4.98 Å². The second-order valence-corrected chi connectivity index (χ2v) is 3.68. The highest BCUT2D eigenvalue weighted by Crippen LogP contribution is 2.27. The van der Waals surface area contributed by atoms with E-state index >= 15 is 0 Å². The van der Waals surface area contributed by atoms with Crippen molar-refractivity contribution in [3.05, 3.63) is 47.7 Å². The number of amides is 1. The topological polar surface area (TPSA) is 115 Å². The molecule has 0 aliphatic heterocycles. The number of carbonyl (C=O) groups is 1. The van der Waals surface area contributed by atoms with E-state index in [2.05, 4.69) is 4.98 Å². The molecule has 0 aliphatic carbocycles. The predicted octanol–water partition coefficient (Wildman–Crippen LogP) is 1.43. The summed E-state index contributed by atoms with van der Waals surface area (Å²) in [4.78, 5) is 15.0. The van der Waals surface area contributed by atoms with Gasteiger partial charge in [-0.2, -0.15) is 5.26 Å². The number of aromatic nitrogens is 1. The molecule has 19 heavy (non-hydrogen) atoms. The van der Waals surface area contributed by atoms with Gasteiger partial charge in [0.1, 0.15) is 17.5 Å². The molecule has 94 valence electrons. The first-order valence-electron chi connectivity index (χ1n) is 5.34. The van der Waals surface area contributed by atoms with Crippen molar-refractivity contribution in [2.75, 3.05) is 5.73 Å². The fraction of sp³-hybridized carbons (Fsp3) is 0. The number of rotatable bonds is 3. The molecule has 2 rings (SSSR count). The average molecular weight is 254 g/mol. The zero-order valence-electron chi connectivity index (χ0n) is 9.83. The number of nitrogen functional groups attached to an aromatic ring is 1. The van der Waals surface area contributed by atoms with Gasteiger partial charge in [0.2, 0.25) is 11.8 Å². The van der Waals surface area contributed by atoms with Gasteiger partial charge >= 0.3 is 0 Å². The summed E-state index contributed by atoms with van der Waals surface area (Å²) in [5.74, 6) is -0.0802. The van der Waals surface area contributed by atoms with Crippen LogP contribution in [0.5, 0.6) is 11.6 Å². The molecule has 0 fully saturated rings. The maximum absolute atomic E-state index is 11.1. The summed E-state index contributed by atoms with van der Waals surface area (Å²) in [5, 5.41) is 8.85. The van der Waals surface area contributed by atoms with Crippen LogP contribution in [0.25, 0.3) is 0 Å². The van der Waals surface area contributed by atoms with Gasteiger partial charge in [0.25, 0.3) is 0 Å². The Morgan fingerprint density at radius 3 is 2.84 bits per heavy atom. The molecule has 4 N–H and O–H groups in total. The summed E-state index contributed by atoms with van der Waals surface area (Å²) in [6.07, 6.45) is 1.42. The van der Waals surface area contributed by atoms with Crippen LogP contribution in [0.1, 0.15) is 15.9 Å². The third kappa shape index (κ3) is 2.61. The van der Waals surface area contributed by atoms with E-state index in [4.69, 9.17) is 21.5 Å². The van der Waals surface area contributed by atoms with Crippen molar-refractivity contribution in [2.24, 2.45) is 5.73 Å². The number of pyridine rings is 1. The van der Waals surface area contributed by atoms with Crippen molar-refractivity contribution in [2.45, 2.75) is 0 Å². The minimum atomic E-state index is -0.558. The van der Waals surface area contributed by atoms with Crippen molar-refractivity contribution in [3.8, 4) is 17.7 Å². The molecule has 0 saturated heterocycles. The van der Waals surface area contributed by atoms with Crippen LogP contribution in [-0.4, -0.2) is 10.9 Å². The number of carbonyl (C=O) groups excluding carboxylic acids is 1. The van der Waals surface area contributed by atoms with Gasteiger partial charge < -0.3 is 16.2 Å². The van der Waals surface area contributed by atoms with Crippen LogP contribution in [0.2, 0.25) is 0 Å². The van der Waals surface area contributed by atoms with Crippen molar-refractivity contribution in [3.63, 3.8) is 0 Å². The standard InChI is InChI=1S/C13H10N4O2/c14-7-9-4-5-17-13(11(9)15)19-10-3-1-2-8(6-10)12(16)18/h1-6H,15H2,(H2,16,18). The van der Waals surface area contributed by atoms with Crippen LogP contribution in [-0.2, 0) is 0 Å². The first-order valence-corrected chi connectivity index (χ1v) is 5.34. The second kappa shape index (κ2) is 5.06. The summed E-state index contributed by atoms with van der Waals surface area (Å²) in [6, 6.07) is 9.72. The molecule has 1 aromatic heterocycles. The lowest BCUT2D eigenvalue weighted by atomic mass is 10.2. The Kier molecular flexibility index (Phi) is 3.30. The lowest BCUT2D eigenvalue weighted by molar-refractivity contribution is 0.1000. The number of hydrogen-bond donors (Lipinski definition) is 2. The summed E-state index contributed by atoms with van der Waals surface area (Å²) < 4.78 is 5.45. The Morgan fingerprint density at radius 2 is 2.16 bits per heavy atom. The number of primary amides is 1. The third-order valence-electron chi connectivity index (χ3n) is 2.41. The Labute approximate surface area is 109 Å². The summed E-state index contributed by atoms with van der Waals surface area (Å²) in [5.41, 5.74) is 11.6. The highest BCUT2D eigenvalue weighted by Gasteiger charge is 2.09. The van der Waals surface area contributed by atoms with Gasteiger partial charge in [-0.1, -0.05) is 6.07 Å². The Bertz CT molecular complexity index is 677. The lowest BCUT2D eigenvalue weighted by Crippen LogP contribution is -2.10. The SMILES string of the molecule is N#Cc1ccnc(Oc2cccc(C(N)=O)c2)c1N. The van der Waals surface area contributed by atoms with Crippen LogP contribution in [0, 0.1) is 11.3 Å². The zero-order valence-corrected chi connectivity index (χ0v) is 9.83. The Hall–Kier alpha value is -3.07. The van der Waals surface area contributed by atoms with Crippen LogP contribution >= 0.6 is 0 Å². The van der Waals surface area contributed by atoms with Gasteiger partial charge in [0.05, 0.1) is 5.56 Å². The molecule has 0 radical (unpaired) electrons. The highest BCUT2D eigenvalue weighted by atomic mass is 16.5. The normalized spacial score (nSPS) is 9.63. The van der Waals surface area contributed by atoms with Crippen LogP contribution in [0.3, 0.4) is 0 Å². The van der Waals surface area contributed by atoms with Crippen molar-refractivity contribution in [1.29, 1.82) is 5.26 Å². The first-order chi connectivity index (χ1) is 9.11.